The monoisotopic (exact) mass is 424 g/mol. The lowest BCUT2D eigenvalue weighted by molar-refractivity contribution is -0.386. The maximum atomic E-state index is 11.1. The average molecular weight is 426 g/mol. The fourth-order valence-electron chi connectivity index (χ4n) is 2.00. The van der Waals surface area contributed by atoms with E-state index in [-0.39, 0.29) is 55.8 Å². The van der Waals surface area contributed by atoms with E-state index in [1.54, 1.807) is 0 Å². The van der Waals surface area contributed by atoms with Crippen LogP contribution in [-0.4, -0.2) is 9.85 Å². The van der Waals surface area contributed by atoms with Crippen molar-refractivity contribution in [2.24, 2.45) is 0 Å². The first kappa shape index (κ1) is 19.7. The average Bonchev–Trinajstić information content (AvgIpc) is 2.53. The number of hydrogen-bond donors (Lipinski definition) is 0. The third-order valence-electron chi connectivity index (χ3n) is 3.15. The minimum Gasteiger partial charge on any atom is -0.372 e. The van der Waals surface area contributed by atoms with Gasteiger partial charge in [-0.2, -0.15) is 0 Å². The summed E-state index contributed by atoms with van der Waals surface area (Å²) < 4.78 is 5.36. The Morgan fingerprint density at radius 3 is 1.36 bits per heavy atom. The fraction of sp³-hybridized carbons (Fsp3) is 0.143. The van der Waals surface area contributed by atoms with Crippen LogP contribution in [0.25, 0.3) is 0 Å². The topological polar surface area (TPSA) is 95.5 Å². The zero-order valence-electron chi connectivity index (χ0n) is 12.2. The first-order valence-corrected chi connectivity index (χ1v) is 8.04. The van der Waals surface area contributed by atoms with Gasteiger partial charge in [0, 0.05) is 12.1 Å². The summed E-state index contributed by atoms with van der Waals surface area (Å²) in [5.74, 6) is 0. The van der Waals surface area contributed by atoms with Gasteiger partial charge in [0.2, 0.25) is 0 Å². The molecule has 0 fully saturated rings. The second kappa shape index (κ2) is 8.16. The van der Waals surface area contributed by atoms with Gasteiger partial charge in [-0.05, 0) is 12.1 Å². The summed E-state index contributed by atoms with van der Waals surface area (Å²) in [4.78, 5) is 20.9. The van der Waals surface area contributed by atoms with Crippen molar-refractivity contribution in [2.45, 2.75) is 13.2 Å². The smallest absolute Gasteiger partial charge is 0.276 e. The molecule has 2 aromatic rings. The van der Waals surface area contributed by atoms with Crippen LogP contribution < -0.4 is 0 Å². The minimum atomic E-state index is -0.623. The lowest BCUT2D eigenvalue weighted by atomic mass is 10.2. The molecule has 2 aromatic carbocycles. The molecule has 11 heteroatoms. The number of benzene rings is 2. The summed E-state index contributed by atoms with van der Waals surface area (Å²) in [6, 6.07) is 4.85. The number of halogens is 4. The van der Waals surface area contributed by atoms with E-state index in [0.717, 1.165) is 12.1 Å². The number of nitro groups is 2. The second-order valence-electron chi connectivity index (χ2n) is 4.80. The van der Waals surface area contributed by atoms with Crippen LogP contribution in [-0.2, 0) is 18.0 Å². The number of ether oxygens (including phenoxy) is 1. The quantitative estimate of drug-likeness (QED) is 0.428. The molecule has 132 valence electrons. The van der Waals surface area contributed by atoms with Gasteiger partial charge in [-0.15, -0.1) is 0 Å². The van der Waals surface area contributed by atoms with Gasteiger partial charge in [-0.1, -0.05) is 46.4 Å². The maximum Gasteiger partial charge on any atom is 0.276 e. The van der Waals surface area contributed by atoms with Crippen molar-refractivity contribution in [3.63, 3.8) is 0 Å². The molecule has 0 radical (unpaired) electrons. The zero-order valence-corrected chi connectivity index (χ0v) is 15.2. The van der Waals surface area contributed by atoms with Crippen molar-refractivity contribution in [3.05, 3.63) is 75.7 Å². The highest BCUT2D eigenvalue weighted by atomic mass is 35.5. The fourth-order valence-corrected chi connectivity index (χ4v) is 2.69. The van der Waals surface area contributed by atoms with E-state index in [4.69, 9.17) is 51.1 Å². The third-order valence-corrected chi connectivity index (χ3v) is 4.60. The van der Waals surface area contributed by atoms with Gasteiger partial charge in [0.1, 0.15) is 0 Å². The minimum absolute atomic E-state index is 0.0391. The molecule has 0 saturated heterocycles. The normalized spacial score (nSPS) is 10.7. The van der Waals surface area contributed by atoms with Crippen molar-refractivity contribution in [1.29, 1.82) is 0 Å². The standard InChI is InChI=1S/C14H8Cl4N2O5/c15-9-1-7(13(19(21)22)3-11(9)17)5-25-6-8-2-10(16)12(18)4-14(8)20(23)24/h1-4H,5-6H2. The molecule has 0 aliphatic rings. The van der Waals surface area contributed by atoms with E-state index < -0.39 is 9.85 Å². The second-order valence-corrected chi connectivity index (χ2v) is 6.43. The first-order valence-electron chi connectivity index (χ1n) is 6.53. The van der Waals surface area contributed by atoms with Crippen LogP contribution in [0, 0.1) is 20.2 Å². The molecule has 0 heterocycles. The number of nitro benzene ring substituents is 2. The van der Waals surface area contributed by atoms with Crippen molar-refractivity contribution in [3.8, 4) is 0 Å². The molecule has 0 atom stereocenters. The lowest BCUT2D eigenvalue weighted by Crippen LogP contribution is -2.02. The van der Waals surface area contributed by atoms with E-state index >= 15 is 0 Å². The summed E-state index contributed by atoms with van der Waals surface area (Å²) in [6.07, 6.45) is 0. The van der Waals surface area contributed by atoms with Crippen molar-refractivity contribution >= 4 is 57.8 Å². The molecular weight excluding hydrogens is 418 g/mol. The Bertz CT molecular complexity index is 790. The van der Waals surface area contributed by atoms with Crippen LogP contribution in [0.3, 0.4) is 0 Å². The highest BCUT2D eigenvalue weighted by Crippen LogP contribution is 2.33. The van der Waals surface area contributed by atoms with Crippen LogP contribution in [0.1, 0.15) is 11.1 Å². The van der Waals surface area contributed by atoms with Gasteiger partial charge in [-0.3, -0.25) is 20.2 Å². The lowest BCUT2D eigenvalue weighted by Gasteiger charge is -2.08. The van der Waals surface area contributed by atoms with Crippen LogP contribution in [0.4, 0.5) is 11.4 Å². The number of rotatable bonds is 6. The van der Waals surface area contributed by atoms with Gasteiger partial charge in [0.15, 0.2) is 0 Å². The first-order chi connectivity index (χ1) is 11.7. The Balaban J connectivity index is 2.22. The van der Waals surface area contributed by atoms with Gasteiger partial charge in [0.05, 0.1) is 54.3 Å². The molecule has 0 aliphatic carbocycles. The molecule has 0 saturated carbocycles. The molecule has 0 N–H and O–H groups in total. The van der Waals surface area contributed by atoms with E-state index in [0.29, 0.717) is 0 Å². The van der Waals surface area contributed by atoms with Gasteiger partial charge in [0.25, 0.3) is 11.4 Å². The molecular formula is C14H8Cl4N2O5. The molecule has 0 spiro atoms. The van der Waals surface area contributed by atoms with Crippen LogP contribution in [0.2, 0.25) is 20.1 Å². The summed E-state index contributed by atoms with van der Waals surface area (Å²) in [6.45, 7) is -0.408. The summed E-state index contributed by atoms with van der Waals surface area (Å²) in [5, 5.41) is 22.5. The molecule has 0 bridgehead atoms. The Labute approximate surface area is 161 Å². The molecule has 0 aliphatic heterocycles. The van der Waals surface area contributed by atoms with Gasteiger partial charge in [-0.25, -0.2) is 0 Å². The van der Waals surface area contributed by atoms with E-state index in [1.807, 2.05) is 0 Å². The highest BCUT2D eigenvalue weighted by molar-refractivity contribution is 6.42. The molecule has 7 nitrogen and oxygen atoms in total. The Morgan fingerprint density at radius 2 is 1.04 bits per heavy atom. The largest absolute Gasteiger partial charge is 0.372 e. The van der Waals surface area contributed by atoms with Crippen LogP contribution in [0.5, 0.6) is 0 Å². The van der Waals surface area contributed by atoms with Crippen molar-refractivity contribution in [2.75, 3.05) is 0 Å². The maximum absolute atomic E-state index is 11.1. The highest BCUT2D eigenvalue weighted by Gasteiger charge is 2.20. The van der Waals surface area contributed by atoms with Crippen LogP contribution >= 0.6 is 46.4 Å². The molecule has 0 aromatic heterocycles. The Hall–Kier alpha value is -1.64. The molecule has 25 heavy (non-hydrogen) atoms. The van der Waals surface area contributed by atoms with Crippen molar-refractivity contribution < 1.29 is 14.6 Å². The van der Waals surface area contributed by atoms with Crippen LogP contribution in [0.15, 0.2) is 24.3 Å². The van der Waals surface area contributed by atoms with Crippen molar-refractivity contribution in [1.82, 2.24) is 0 Å². The zero-order chi connectivity index (χ0) is 18.7. The predicted octanol–water partition coefficient (Wildman–Crippen LogP) is 5.83. The van der Waals surface area contributed by atoms with Gasteiger partial charge < -0.3 is 4.74 Å². The summed E-state index contributed by atoms with van der Waals surface area (Å²) >= 11 is 23.3. The number of nitrogens with zero attached hydrogens (tertiary/aromatic N) is 2. The summed E-state index contributed by atoms with van der Waals surface area (Å²) in [5.41, 5.74) is -0.166. The predicted molar refractivity (Wildman–Crippen MR) is 94.7 cm³/mol. The summed E-state index contributed by atoms with van der Waals surface area (Å²) in [7, 11) is 0. The molecule has 2 rings (SSSR count). The van der Waals surface area contributed by atoms with E-state index in [9.17, 15) is 20.2 Å². The Morgan fingerprint density at radius 1 is 0.720 bits per heavy atom. The third kappa shape index (κ3) is 4.71. The number of hydrogen-bond acceptors (Lipinski definition) is 5. The molecule has 0 unspecified atom stereocenters. The van der Waals surface area contributed by atoms with E-state index in [2.05, 4.69) is 0 Å². The van der Waals surface area contributed by atoms with Gasteiger partial charge >= 0.3 is 0 Å². The van der Waals surface area contributed by atoms with E-state index in [1.165, 1.54) is 12.1 Å². The Kier molecular flexibility index (Phi) is 6.42. The molecule has 0 amide bonds. The SMILES string of the molecule is O=[N+]([O-])c1cc(Cl)c(Cl)cc1COCc1cc(Cl)c(Cl)cc1[N+](=O)[O-].